The van der Waals surface area contributed by atoms with Crippen LogP contribution in [0.2, 0.25) is 0 Å². The van der Waals surface area contributed by atoms with Gasteiger partial charge in [-0.05, 0) is 52.8 Å². The molecule has 0 unspecified atom stereocenters. The predicted octanol–water partition coefficient (Wildman–Crippen LogP) is 2.54. The number of rotatable bonds is 5. The lowest BCUT2D eigenvalue weighted by atomic mass is 9.92. The number of carbonyl (C=O) groups is 1. The highest BCUT2D eigenvalue weighted by Crippen LogP contribution is 2.25. The SMILES string of the molecule is CCOc1cncc(C(=O)C(C)(C)N2CCCC2)c1. The number of hydrogen-bond donors (Lipinski definition) is 0. The highest BCUT2D eigenvalue weighted by molar-refractivity contribution is 6.02. The molecule has 1 saturated heterocycles. The van der Waals surface area contributed by atoms with Crippen molar-refractivity contribution < 1.29 is 9.53 Å². The maximum absolute atomic E-state index is 12.7. The number of likely N-dealkylation sites (tertiary alicyclic amines) is 1. The summed E-state index contributed by atoms with van der Waals surface area (Å²) in [7, 11) is 0. The second-order valence-corrected chi connectivity index (χ2v) is 5.42. The van der Waals surface area contributed by atoms with E-state index in [1.54, 1.807) is 18.5 Å². The maximum atomic E-state index is 12.7. The molecular weight excluding hydrogens is 240 g/mol. The van der Waals surface area contributed by atoms with E-state index in [1.165, 1.54) is 12.8 Å². The van der Waals surface area contributed by atoms with Gasteiger partial charge in [0.15, 0.2) is 5.78 Å². The van der Waals surface area contributed by atoms with Crippen LogP contribution in [0.15, 0.2) is 18.5 Å². The third-order valence-electron chi connectivity index (χ3n) is 3.74. The second kappa shape index (κ2) is 5.70. The third-order valence-corrected chi connectivity index (χ3v) is 3.74. The Balaban J connectivity index is 2.20. The highest BCUT2D eigenvalue weighted by Gasteiger charge is 2.36. The van der Waals surface area contributed by atoms with Crippen molar-refractivity contribution in [1.29, 1.82) is 0 Å². The van der Waals surface area contributed by atoms with Crippen molar-refractivity contribution in [2.45, 2.75) is 39.2 Å². The molecule has 0 amide bonds. The van der Waals surface area contributed by atoms with Crippen molar-refractivity contribution in [3.05, 3.63) is 24.0 Å². The molecule has 0 saturated carbocycles. The Labute approximate surface area is 114 Å². The number of carbonyl (C=O) groups excluding carboxylic acids is 1. The first-order valence-electron chi connectivity index (χ1n) is 6.93. The van der Waals surface area contributed by atoms with Crippen LogP contribution >= 0.6 is 0 Å². The molecule has 104 valence electrons. The Hall–Kier alpha value is -1.42. The molecule has 1 aromatic rings. The Kier molecular flexibility index (Phi) is 4.20. The van der Waals surface area contributed by atoms with Gasteiger partial charge >= 0.3 is 0 Å². The van der Waals surface area contributed by atoms with E-state index in [-0.39, 0.29) is 5.78 Å². The molecule has 1 aliphatic heterocycles. The molecule has 0 bridgehead atoms. The summed E-state index contributed by atoms with van der Waals surface area (Å²) in [6.07, 6.45) is 5.62. The summed E-state index contributed by atoms with van der Waals surface area (Å²) in [5.41, 5.74) is 0.158. The van der Waals surface area contributed by atoms with Crippen LogP contribution in [0.25, 0.3) is 0 Å². The van der Waals surface area contributed by atoms with Gasteiger partial charge in [-0.25, -0.2) is 0 Å². The van der Waals surface area contributed by atoms with Gasteiger partial charge < -0.3 is 4.74 Å². The standard InChI is InChI=1S/C15H22N2O2/c1-4-19-13-9-12(10-16-11-13)14(18)15(2,3)17-7-5-6-8-17/h9-11H,4-8H2,1-3H3. The molecule has 0 aromatic carbocycles. The van der Waals surface area contributed by atoms with Crippen molar-refractivity contribution in [3.63, 3.8) is 0 Å². The van der Waals surface area contributed by atoms with E-state index in [9.17, 15) is 4.79 Å². The average molecular weight is 262 g/mol. The first-order chi connectivity index (χ1) is 9.05. The number of hydrogen-bond acceptors (Lipinski definition) is 4. The number of ether oxygens (including phenoxy) is 1. The minimum atomic E-state index is -0.469. The van der Waals surface area contributed by atoms with Crippen LogP contribution in [-0.4, -0.2) is 40.9 Å². The van der Waals surface area contributed by atoms with Crippen LogP contribution < -0.4 is 4.74 Å². The number of Topliss-reactive ketones (excluding diaryl/α,β-unsaturated/α-hetero) is 1. The lowest BCUT2D eigenvalue weighted by Gasteiger charge is -2.33. The maximum Gasteiger partial charge on any atom is 0.184 e. The fourth-order valence-electron chi connectivity index (χ4n) is 2.56. The Morgan fingerprint density at radius 2 is 2.05 bits per heavy atom. The van der Waals surface area contributed by atoms with Gasteiger partial charge in [0.25, 0.3) is 0 Å². The van der Waals surface area contributed by atoms with Crippen molar-refractivity contribution in [1.82, 2.24) is 9.88 Å². The number of aromatic nitrogens is 1. The Bertz CT molecular complexity index is 451. The van der Waals surface area contributed by atoms with E-state index in [0.29, 0.717) is 17.9 Å². The van der Waals surface area contributed by atoms with Crippen molar-refractivity contribution in [3.8, 4) is 5.75 Å². The molecule has 0 atom stereocenters. The van der Waals surface area contributed by atoms with Gasteiger partial charge in [-0.1, -0.05) is 0 Å². The normalized spacial score (nSPS) is 16.6. The fraction of sp³-hybridized carbons (Fsp3) is 0.600. The summed E-state index contributed by atoms with van der Waals surface area (Å²) in [6.45, 7) is 8.48. The number of pyridine rings is 1. The largest absolute Gasteiger partial charge is 0.492 e. The van der Waals surface area contributed by atoms with Crippen LogP contribution in [0.3, 0.4) is 0 Å². The van der Waals surface area contributed by atoms with E-state index >= 15 is 0 Å². The average Bonchev–Trinajstić information content (AvgIpc) is 2.93. The van der Waals surface area contributed by atoms with Crippen LogP contribution in [0.1, 0.15) is 44.0 Å². The molecule has 2 heterocycles. The van der Waals surface area contributed by atoms with Crippen molar-refractivity contribution >= 4 is 5.78 Å². The predicted molar refractivity (Wildman–Crippen MR) is 74.6 cm³/mol. The van der Waals surface area contributed by atoms with Gasteiger partial charge in [-0.15, -0.1) is 0 Å². The minimum absolute atomic E-state index is 0.114. The molecule has 1 aromatic heterocycles. The highest BCUT2D eigenvalue weighted by atomic mass is 16.5. The van der Waals surface area contributed by atoms with E-state index in [1.807, 2.05) is 20.8 Å². The van der Waals surface area contributed by atoms with E-state index in [2.05, 4.69) is 9.88 Å². The number of nitrogens with zero attached hydrogens (tertiary/aromatic N) is 2. The quantitative estimate of drug-likeness (QED) is 0.765. The Morgan fingerprint density at radius 3 is 2.68 bits per heavy atom. The summed E-state index contributed by atoms with van der Waals surface area (Å²) >= 11 is 0. The zero-order valence-corrected chi connectivity index (χ0v) is 12.0. The summed E-state index contributed by atoms with van der Waals surface area (Å²) in [6, 6.07) is 1.79. The lowest BCUT2D eigenvalue weighted by molar-refractivity contribution is 0.0702. The van der Waals surface area contributed by atoms with E-state index in [4.69, 9.17) is 4.74 Å². The molecule has 4 heteroatoms. The summed E-state index contributed by atoms with van der Waals surface area (Å²) in [4.78, 5) is 19.0. The fourth-order valence-corrected chi connectivity index (χ4v) is 2.56. The first kappa shape index (κ1) is 14.0. The van der Waals surface area contributed by atoms with Gasteiger partial charge in [-0.3, -0.25) is 14.7 Å². The zero-order valence-electron chi connectivity index (χ0n) is 12.0. The molecule has 0 spiro atoms. The van der Waals surface area contributed by atoms with Crippen LogP contribution in [0.5, 0.6) is 5.75 Å². The molecule has 0 radical (unpaired) electrons. The molecule has 19 heavy (non-hydrogen) atoms. The van der Waals surface area contributed by atoms with E-state index < -0.39 is 5.54 Å². The van der Waals surface area contributed by atoms with Crippen molar-refractivity contribution in [2.24, 2.45) is 0 Å². The van der Waals surface area contributed by atoms with Gasteiger partial charge in [-0.2, -0.15) is 0 Å². The van der Waals surface area contributed by atoms with Gasteiger partial charge in [0, 0.05) is 11.8 Å². The molecule has 2 rings (SSSR count). The third kappa shape index (κ3) is 2.95. The first-order valence-corrected chi connectivity index (χ1v) is 6.93. The van der Waals surface area contributed by atoms with E-state index in [0.717, 1.165) is 13.1 Å². The van der Waals surface area contributed by atoms with Gasteiger partial charge in [0.2, 0.25) is 0 Å². The summed E-state index contributed by atoms with van der Waals surface area (Å²) < 4.78 is 5.41. The summed E-state index contributed by atoms with van der Waals surface area (Å²) in [5, 5.41) is 0. The van der Waals surface area contributed by atoms with Crippen molar-refractivity contribution in [2.75, 3.05) is 19.7 Å². The molecular formula is C15H22N2O2. The van der Waals surface area contributed by atoms with Crippen LogP contribution in [-0.2, 0) is 0 Å². The van der Waals surface area contributed by atoms with Crippen LogP contribution in [0.4, 0.5) is 0 Å². The second-order valence-electron chi connectivity index (χ2n) is 5.42. The number of ketones is 1. The van der Waals surface area contributed by atoms with Gasteiger partial charge in [0.1, 0.15) is 5.75 Å². The van der Waals surface area contributed by atoms with Crippen LogP contribution in [0, 0.1) is 0 Å². The molecule has 1 aliphatic rings. The van der Waals surface area contributed by atoms with Gasteiger partial charge in [0.05, 0.1) is 18.3 Å². The zero-order chi connectivity index (χ0) is 13.9. The molecule has 0 aliphatic carbocycles. The summed E-state index contributed by atoms with van der Waals surface area (Å²) in [5.74, 6) is 0.772. The monoisotopic (exact) mass is 262 g/mol. The minimum Gasteiger partial charge on any atom is -0.492 e. The molecule has 1 fully saturated rings. The molecule has 4 nitrogen and oxygen atoms in total. The topological polar surface area (TPSA) is 42.4 Å². The lowest BCUT2D eigenvalue weighted by Crippen LogP contribution is -2.48. The molecule has 0 N–H and O–H groups in total. The smallest absolute Gasteiger partial charge is 0.184 e. The Morgan fingerprint density at radius 1 is 1.37 bits per heavy atom.